The molecule has 8 nitrogen and oxygen atoms in total. The van der Waals surface area contributed by atoms with Crippen LogP contribution < -0.4 is 10.1 Å². The Labute approximate surface area is 179 Å². The molecule has 0 saturated carbocycles. The first-order chi connectivity index (χ1) is 14.2. The zero-order valence-electron chi connectivity index (χ0n) is 16.1. The third-order valence-corrected chi connectivity index (χ3v) is 6.65. The smallest absolute Gasteiger partial charge is 0.323 e. The van der Waals surface area contributed by atoms with Gasteiger partial charge in [0.15, 0.2) is 0 Å². The highest BCUT2D eigenvalue weighted by atomic mass is 35.5. The fourth-order valence-corrected chi connectivity index (χ4v) is 5.24. The number of sulfonamides is 1. The minimum Gasteiger partial charge on any atom is -0.480 e. The van der Waals surface area contributed by atoms with Crippen molar-refractivity contribution in [3.63, 3.8) is 0 Å². The Morgan fingerprint density at radius 1 is 1.37 bits per heavy atom. The number of rotatable bonds is 6. The minimum atomic E-state index is -3.99. The van der Waals surface area contributed by atoms with Crippen LogP contribution in [-0.4, -0.2) is 49.5 Å². The summed E-state index contributed by atoms with van der Waals surface area (Å²) in [6, 6.07) is 10.4. The zero-order chi connectivity index (χ0) is 21.9. The molecule has 10 heteroatoms. The van der Waals surface area contributed by atoms with E-state index in [0.717, 1.165) is 9.87 Å². The first kappa shape index (κ1) is 22.1. The Hall–Kier alpha value is -2.64. The van der Waals surface area contributed by atoms with E-state index in [4.69, 9.17) is 16.3 Å². The summed E-state index contributed by atoms with van der Waals surface area (Å²) in [6.45, 7) is 2.27. The average molecular weight is 450 g/mol. The topological polar surface area (TPSA) is 120 Å². The first-order valence-electron chi connectivity index (χ1n) is 9.11. The van der Waals surface area contributed by atoms with Crippen LogP contribution in [0.15, 0.2) is 36.4 Å². The number of piperazine rings is 1. The highest BCUT2D eigenvalue weighted by Gasteiger charge is 2.37. The molecule has 1 aliphatic heterocycles. The van der Waals surface area contributed by atoms with Gasteiger partial charge in [-0.15, -0.1) is 0 Å². The largest absolute Gasteiger partial charge is 0.480 e. The van der Waals surface area contributed by atoms with Crippen molar-refractivity contribution in [1.29, 1.82) is 5.26 Å². The van der Waals surface area contributed by atoms with Gasteiger partial charge in [0.25, 0.3) is 0 Å². The van der Waals surface area contributed by atoms with E-state index in [9.17, 15) is 23.6 Å². The van der Waals surface area contributed by atoms with Gasteiger partial charge in [-0.25, -0.2) is 8.42 Å². The molecule has 1 unspecified atom stereocenters. The van der Waals surface area contributed by atoms with Crippen LogP contribution in [0.1, 0.15) is 16.7 Å². The number of nitriles is 1. The SMILES string of the molecule is Cc1cc(Cl)cc(Oc2ccc(C#N)cc2CS(=O)(=O)N2CCNCC2C(=O)O)c1. The monoisotopic (exact) mass is 449 g/mol. The molecule has 1 heterocycles. The lowest BCUT2D eigenvalue weighted by Gasteiger charge is -2.32. The maximum Gasteiger partial charge on any atom is 0.323 e. The molecular formula is C20H20ClN3O5S. The van der Waals surface area contributed by atoms with Gasteiger partial charge >= 0.3 is 5.97 Å². The number of benzene rings is 2. The molecule has 2 N–H and O–H groups in total. The zero-order valence-corrected chi connectivity index (χ0v) is 17.7. The van der Waals surface area contributed by atoms with Crippen LogP contribution in [-0.2, 0) is 20.6 Å². The second kappa shape index (κ2) is 9.02. The van der Waals surface area contributed by atoms with E-state index in [1.807, 2.05) is 13.0 Å². The molecule has 0 aromatic heterocycles. The van der Waals surface area contributed by atoms with Crippen molar-refractivity contribution >= 4 is 27.6 Å². The highest BCUT2D eigenvalue weighted by molar-refractivity contribution is 7.88. The van der Waals surface area contributed by atoms with E-state index in [-0.39, 0.29) is 30.0 Å². The number of halogens is 1. The highest BCUT2D eigenvalue weighted by Crippen LogP contribution is 2.31. The number of ether oxygens (including phenoxy) is 1. The normalized spacial score (nSPS) is 17.3. The summed E-state index contributed by atoms with van der Waals surface area (Å²) in [5.74, 6) is -1.04. The fraction of sp³-hybridized carbons (Fsp3) is 0.300. The van der Waals surface area contributed by atoms with Gasteiger partial charge in [0.05, 0.1) is 17.4 Å². The van der Waals surface area contributed by atoms with Crippen LogP contribution in [0.2, 0.25) is 5.02 Å². The van der Waals surface area contributed by atoms with Gasteiger partial charge in [0, 0.05) is 30.2 Å². The summed E-state index contributed by atoms with van der Waals surface area (Å²) in [7, 11) is -3.99. The molecular weight excluding hydrogens is 430 g/mol. The van der Waals surface area contributed by atoms with Gasteiger partial charge in [-0.2, -0.15) is 9.57 Å². The maximum absolute atomic E-state index is 13.1. The molecule has 2 aromatic carbocycles. The van der Waals surface area contributed by atoms with Crippen LogP contribution in [0, 0.1) is 18.3 Å². The number of nitrogens with zero attached hydrogens (tertiary/aromatic N) is 2. The predicted octanol–water partition coefficient (Wildman–Crippen LogP) is 2.50. The van der Waals surface area contributed by atoms with Crippen molar-refractivity contribution in [2.24, 2.45) is 0 Å². The van der Waals surface area contributed by atoms with Crippen molar-refractivity contribution in [3.8, 4) is 17.6 Å². The second-order valence-corrected chi connectivity index (χ2v) is 9.28. The van der Waals surface area contributed by atoms with Gasteiger partial charge in [-0.1, -0.05) is 11.6 Å². The summed E-state index contributed by atoms with van der Waals surface area (Å²) in [6.07, 6.45) is 0. The Kier molecular flexibility index (Phi) is 6.63. The third kappa shape index (κ3) is 5.09. The summed E-state index contributed by atoms with van der Waals surface area (Å²) >= 11 is 6.07. The standard InChI is InChI=1S/C20H20ClN3O5S/c1-13-6-16(21)9-17(7-13)29-19-3-2-14(10-22)8-15(19)12-30(27,28)24-5-4-23-11-18(24)20(25)26/h2-3,6-9,18,23H,4-5,11-12H2,1H3,(H,25,26). The first-order valence-corrected chi connectivity index (χ1v) is 11.1. The van der Waals surface area contributed by atoms with Gasteiger partial charge in [0.1, 0.15) is 17.5 Å². The molecule has 158 valence electrons. The van der Waals surface area contributed by atoms with Crippen molar-refractivity contribution < 1.29 is 23.1 Å². The minimum absolute atomic E-state index is 0.0257. The number of aryl methyl sites for hydroxylation is 1. The number of carbonyl (C=O) groups is 1. The van der Waals surface area contributed by atoms with E-state index in [2.05, 4.69) is 5.32 Å². The molecule has 0 aliphatic carbocycles. The second-order valence-electron chi connectivity index (χ2n) is 6.93. The molecule has 1 saturated heterocycles. The lowest BCUT2D eigenvalue weighted by molar-refractivity contribution is -0.141. The average Bonchev–Trinajstić information content (AvgIpc) is 2.68. The molecule has 1 aliphatic rings. The van der Waals surface area contributed by atoms with E-state index >= 15 is 0 Å². The number of hydrogen-bond donors (Lipinski definition) is 2. The number of carboxylic acids is 1. The van der Waals surface area contributed by atoms with Gasteiger partial charge < -0.3 is 15.2 Å². The number of nitrogens with one attached hydrogen (secondary N) is 1. The van der Waals surface area contributed by atoms with Crippen LogP contribution in [0.4, 0.5) is 0 Å². The van der Waals surface area contributed by atoms with Crippen LogP contribution in [0.3, 0.4) is 0 Å². The van der Waals surface area contributed by atoms with E-state index in [1.165, 1.54) is 18.2 Å². The molecule has 0 radical (unpaired) electrons. The van der Waals surface area contributed by atoms with Crippen molar-refractivity contribution in [2.75, 3.05) is 19.6 Å². The molecule has 0 spiro atoms. The quantitative estimate of drug-likeness (QED) is 0.695. The third-order valence-electron chi connectivity index (χ3n) is 4.61. The van der Waals surface area contributed by atoms with E-state index in [0.29, 0.717) is 17.3 Å². The Balaban J connectivity index is 1.96. The van der Waals surface area contributed by atoms with Crippen molar-refractivity contribution in [3.05, 3.63) is 58.1 Å². The molecule has 1 fully saturated rings. The lowest BCUT2D eigenvalue weighted by Crippen LogP contribution is -2.57. The van der Waals surface area contributed by atoms with Gasteiger partial charge in [-0.05, 0) is 48.9 Å². The molecule has 30 heavy (non-hydrogen) atoms. The Morgan fingerprint density at radius 3 is 2.80 bits per heavy atom. The molecule has 1 atom stereocenters. The van der Waals surface area contributed by atoms with Gasteiger partial charge in [0.2, 0.25) is 10.0 Å². The van der Waals surface area contributed by atoms with E-state index < -0.39 is 27.8 Å². The van der Waals surface area contributed by atoms with Crippen molar-refractivity contribution in [2.45, 2.75) is 18.7 Å². The lowest BCUT2D eigenvalue weighted by atomic mass is 10.1. The summed E-state index contributed by atoms with van der Waals surface area (Å²) in [4.78, 5) is 11.5. The van der Waals surface area contributed by atoms with Crippen LogP contribution >= 0.6 is 11.6 Å². The maximum atomic E-state index is 13.1. The molecule has 2 aromatic rings. The van der Waals surface area contributed by atoms with Crippen LogP contribution in [0.25, 0.3) is 0 Å². The number of aliphatic carboxylic acids is 1. The summed E-state index contributed by atoms with van der Waals surface area (Å²) < 4.78 is 33.0. The van der Waals surface area contributed by atoms with Crippen LogP contribution in [0.5, 0.6) is 11.5 Å². The van der Waals surface area contributed by atoms with E-state index in [1.54, 1.807) is 18.2 Å². The molecule has 0 bridgehead atoms. The number of hydrogen-bond acceptors (Lipinski definition) is 6. The Morgan fingerprint density at radius 2 is 2.13 bits per heavy atom. The Bertz CT molecular complexity index is 1090. The fourth-order valence-electron chi connectivity index (χ4n) is 3.26. The van der Waals surface area contributed by atoms with Gasteiger partial charge in [-0.3, -0.25) is 4.79 Å². The molecule has 3 rings (SSSR count). The molecule has 0 amide bonds. The summed E-state index contributed by atoms with van der Waals surface area (Å²) in [5, 5.41) is 22.0. The predicted molar refractivity (Wildman–Crippen MR) is 111 cm³/mol. The van der Waals surface area contributed by atoms with Crippen molar-refractivity contribution in [1.82, 2.24) is 9.62 Å². The summed E-state index contributed by atoms with van der Waals surface area (Å²) in [5.41, 5.74) is 1.39. The number of carboxylic acid groups (broad SMARTS) is 1.